The highest BCUT2D eigenvalue weighted by atomic mass is 35.5. The Bertz CT molecular complexity index is 409. The second kappa shape index (κ2) is 10.5. The Balaban J connectivity index is 0.00000220. The lowest BCUT2D eigenvalue weighted by molar-refractivity contribution is 0.159. The highest BCUT2D eigenvalue weighted by molar-refractivity contribution is 5.85. The zero-order chi connectivity index (χ0) is 14.5. The zero-order valence-corrected chi connectivity index (χ0v) is 16.0. The lowest BCUT2D eigenvalue weighted by Gasteiger charge is -2.36. The maximum Gasteiger partial charge on any atom is 0.0349 e. The summed E-state index contributed by atoms with van der Waals surface area (Å²) in [5, 5.41) is 3.47. The van der Waals surface area contributed by atoms with Gasteiger partial charge in [-0.2, -0.15) is 0 Å². The third-order valence-corrected chi connectivity index (χ3v) is 4.24. The number of hydrogen-bond donors (Lipinski definition) is 1. The molecule has 0 saturated carbocycles. The Kier molecular flexibility index (Phi) is 10.4. The molecule has 0 spiro atoms. The molecular formula is C18H32Cl2N2. The summed E-state index contributed by atoms with van der Waals surface area (Å²) in [6, 6.07) is 7.65. The van der Waals surface area contributed by atoms with E-state index in [1.165, 1.54) is 42.6 Å². The molecule has 1 saturated heterocycles. The summed E-state index contributed by atoms with van der Waals surface area (Å²) in [7, 11) is 0. The van der Waals surface area contributed by atoms with Crippen LogP contribution in [0.15, 0.2) is 18.2 Å². The van der Waals surface area contributed by atoms with Crippen LogP contribution in [0.2, 0.25) is 0 Å². The number of benzene rings is 1. The van der Waals surface area contributed by atoms with Gasteiger partial charge in [-0.15, -0.1) is 24.8 Å². The maximum atomic E-state index is 3.47. The highest BCUT2D eigenvalue weighted by Gasteiger charge is 2.22. The van der Waals surface area contributed by atoms with Crippen LogP contribution in [0.5, 0.6) is 0 Å². The first-order chi connectivity index (χ1) is 9.56. The molecule has 2 rings (SSSR count). The van der Waals surface area contributed by atoms with E-state index in [-0.39, 0.29) is 24.8 Å². The van der Waals surface area contributed by atoms with Gasteiger partial charge in [0.1, 0.15) is 0 Å². The van der Waals surface area contributed by atoms with Crippen LogP contribution in [0.25, 0.3) is 0 Å². The topological polar surface area (TPSA) is 15.3 Å². The van der Waals surface area contributed by atoms with E-state index in [0.717, 1.165) is 19.0 Å². The molecule has 0 aromatic heterocycles. The van der Waals surface area contributed by atoms with E-state index in [1.807, 2.05) is 0 Å². The first kappa shape index (κ1) is 21.7. The van der Waals surface area contributed by atoms with Crippen molar-refractivity contribution in [3.05, 3.63) is 34.9 Å². The minimum Gasteiger partial charge on any atom is -0.314 e. The van der Waals surface area contributed by atoms with Crippen molar-refractivity contribution in [1.29, 1.82) is 0 Å². The van der Waals surface area contributed by atoms with Gasteiger partial charge in [-0.05, 0) is 38.2 Å². The molecule has 0 unspecified atom stereocenters. The molecule has 1 aliphatic rings. The molecule has 0 amide bonds. The second-order valence-electron chi connectivity index (χ2n) is 6.69. The molecule has 1 aromatic carbocycles. The summed E-state index contributed by atoms with van der Waals surface area (Å²) in [4.78, 5) is 2.67. The molecule has 1 aromatic rings. The van der Waals surface area contributed by atoms with E-state index in [4.69, 9.17) is 0 Å². The monoisotopic (exact) mass is 346 g/mol. The van der Waals surface area contributed by atoms with Crippen LogP contribution >= 0.6 is 24.8 Å². The minimum atomic E-state index is 0. The van der Waals surface area contributed by atoms with Crippen LogP contribution in [0, 0.1) is 19.8 Å². The fraction of sp³-hybridized carbons (Fsp3) is 0.667. The van der Waals surface area contributed by atoms with Gasteiger partial charge in [0.2, 0.25) is 0 Å². The van der Waals surface area contributed by atoms with Crippen molar-refractivity contribution >= 4 is 24.8 Å². The zero-order valence-electron chi connectivity index (χ0n) is 14.4. The van der Waals surface area contributed by atoms with E-state index in [1.54, 1.807) is 0 Å². The Labute approximate surface area is 148 Å². The number of nitrogens with zero attached hydrogens (tertiary/aromatic N) is 1. The molecule has 1 atom stereocenters. The summed E-state index contributed by atoms with van der Waals surface area (Å²) in [6.07, 6.45) is 2.59. The van der Waals surface area contributed by atoms with Gasteiger partial charge in [0.25, 0.3) is 0 Å². The van der Waals surface area contributed by atoms with Gasteiger partial charge in [-0.25, -0.2) is 0 Å². The number of piperazine rings is 1. The lowest BCUT2D eigenvalue weighted by atomic mass is 9.93. The second-order valence-corrected chi connectivity index (χ2v) is 6.69. The largest absolute Gasteiger partial charge is 0.314 e. The molecule has 22 heavy (non-hydrogen) atoms. The van der Waals surface area contributed by atoms with Gasteiger partial charge in [0.05, 0.1) is 0 Å². The fourth-order valence-corrected chi connectivity index (χ4v) is 3.25. The Hall–Kier alpha value is -0.280. The molecule has 1 aliphatic heterocycles. The molecule has 1 N–H and O–H groups in total. The van der Waals surface area contributed by atoms with Crippen LogP contribution in [0.3, 0.4) is 0 Å². The predicted octanol–water partition coefficient (Wildman–Crippen LogP) is 4.53. The van der Waals surface area contributed by atoms with E-state index < -0.39 is 0 Å². The van der Waals surface area contributed by atoms with Crippen LogP contribution in [0.4, 0.5) is 0 Å². The quantitative estimate of drug-likeness (QED) is 0.842. The standard InChI is InChI=1S/C18H30N2.2ClH/c1-14(2)5-6-18(20-9-7-19-8-10-20)17-12-15(3)11-16(4)13-17;;/h11-14,18-19H,5-10H2,1-4H3;2*1H/t18-;;/m1../s1. The van der Waals surface area contributed by atoms with E-state index in [9.17, 15) is 0 Å². The molecule has 0 aliphatic carbocycles. The highest BCUT2D eigenvalue weighted by Crippen LogP contribution is 2.29. The van der Waals surface area contributed by atoms with Crippen molar-refractivity contribution in [2.45, 2.75) is 46.6 Å². The van der Waals surface area contributed by atoms with Crippen molar-refractivity contribution < 1.29 is 0 Å². The summed E-state index contributed by atoms with van der Waals surface area (Å²) >= 11 is 0. The first-order valence-corrected chi connectivity index (χ1v) is 8.09. The summed E-state index contributed by atoms with van der Waals surface area (Å²) in [5.41, 5.74) is 4.31. The van der Waals surface area contributed by atoms with Gasteiger partial charge in [0.15, 0.2) is 0 Å². The van der Waals surface area contributed by atoms with E-state index >= 15 is 0 Å². The Morgan fingerprint density at radius 3 is 2.00 bits per heavy atom. The van der Waals surface area contributed by atoms with Crippen molar-refractivity contribution in [3.8, 4) is 0 Å². The molecule has 0 bridgehead atoms. The lowest BCUT2D eigenvalue weighted by Crippen LogP contribution is -2.45. The fourth-order valence-electron chi connectivity index (χ4n) is 3.25. The first-order valence-electron chi connectivity index (χ1n) is 8.09. The van der Waals surface area contributed by atoms with Crippen molar-refractivity contribution in [2.75, 3.05) is 26.2 Å². The van der Waals surface area contributed by atoms with Crippen molar-refractivity contribution in [2.24, 2.45) is 5.92 Å². The smallest absolute Gasteiger partial charge is 0.0349 e. The third kappa shape index (κ3) is 6.45. The number of aryl methyl sites for hydroxylation is 2. The Morgan fingerprint density at radius 1 is 0.955 bits per heavy atom. The molecule has 1 fully saturated rings. The molecule has 1 heterocycles. The average molecular weight is 347 g/mol. The molecular weight excluding hydrogens is 315 g/mol. The molecule has 2 nitrogen and oxygen atoms in total. The SMILES string of the molecule is Cc1cc(C)cc([C@@H](CCC(C)C)N2CCNCC2)c1.Cl.Cl. The van der Waals surface area contributed by atoms with E-state index in [0.29, 0.717) is 6.04 Å². The van der Waals surface area contributed by atoms with Crippen LogP contribution in [-0.4, -0.2) is 31.1 Å². The summed E-state index contributed by atoms with van der Waals surface area (Å²) in [5.74, 6) is 0.784. The normalized spacial score (nSPS) is 16.8. The number of rotatable bonds is 5. The van der Waals surface area contributed by atoms with Gasteiger partial charge in [0, 0.05) is 32.2 Å². The maximum absolute atomic E-state index is 3.47. The van der Waals surface area contributed by atoms with Gasteiger partial charge in [-0.3, -0.25) is 4.90 Å². The summed E-state index contributed by atoms with van der Waals surface area (Å²) < 4.78 is 0. The van der Waals surface area contributed by atoms with Crippen molar-refractivity contribution in [1.82, 2.24) is 10.2 Å². The van der Waals surface area contributed by atoms with Gasteiger partial charge < -0.3 is 5.32 Å². The average Bonchev–Trinajstić information content (AvgIpc) is 2.38. The van der Waals surface area contributed by atoms with Crippen molar-refractivity contribution in [3.63, 3.8) is 0 Å². The molecule has 0 radical (unpaired) electrons. The van der Waals surface area contributed by atoms with E-state index in [2.05, 4.69) is 56.1 Å². The molecule has 4 heteroatoms. The van der Waals surface area contributed by atoms with Gasteiger partial charge >= 0.3 is 0 Å². The Morgan fingerprint density at radius 2 is 1.50 bits per heavy atom. The number of halogens is 2. The number of nitrogens with one attached hydrogen (secondary N) is 1. The van der Waals surface area contributed by atoms with Crippen LogP contribution < -0.4 is 5.32 Å². The van der Waals surface area contributed by atoms with Crippen LogP contribution in [-0.2, 0) is 0 Å². The summed E-state index contributed by atoms with van der Waals surface area (Å²) in [6.45, 7) is 13.7. The predicted molar refractivity (Wildman–Crippen MR) is 102 cm³/mol. The van der Waals surface area contributed by atoms with Crippen LogP contribution in [0.1, 0.15) is 49.4 Å². The van der Waals surface area contributed by atoms with Gasteiger partial charge in [-0.1, -0.05) is 43.2 Å². The third-order valence-electron chi connectivity index (χ3n) is 4.24. The molecule has 128 valence electrons. The number of hydrogen-bond acceptors (Lipinski definition) is 2. The minimum absolute atomic E-state index is 0.